The quantitative estimate of drug-likeness (QED) is 0.537. The van der Waals surface area contributed by atoms with Crippen LogP contribution in [0.2, 0.25) is 0 Å². The van der Waals surface area contributed by atoms with Crippen molar-refractivity contribution >= 4 is 34.1 Å². The predicted octanol–water partition coefficient (Wildman–Crippen LogP) is 3.85. The fourth-order valence-corrected chi connectivity index (χ4v) is 3.86. The first-order valence-corrected chi connectivity index (χ1v) is 9.95. The van der Waals surface area contributed by atoms with E-state index in [-0.39, 0.29) is 17.6 Å². The van der Waals surface area contributed by atoms with E-state index in [0.29, 0.717) is 34.2 Å². The van der Waals surface area contributed by atoms with Crippen LogP contribution in [0.5, 0.6) is 0 Å². The van der Waals surface area contributed by atoms with E-state index < -0.39 is 0 Å². The van der Waals surface area contributed by atoms with Gasteiger partial charge in [-0.05, 0) is 31.9 Å². The molecule has 3 aromatic rings. The SMILES string of the molecule is CC(=O)NCc1ccc(-c2csc(NC(=O)c3[nH]c(C)c(C(C)=O)c3C)n2)cc1. The van der Waals surface area contributed by atoms with Crippen LogP contribution >= 0.6 is 11.3 Å². The molecule has 0 saturated carbocycles. The highest BCUT2D eigenvalue weighted by Crippen LogP contribution is 2.26. The third kappa shape index (κ3) is 4.60. The minimum atomic E-state index is -0.329. The zero-order chi connectivity index (χ0) is 21.1. The molecule has 0 spiro atoms. The number of ketones is 1. The maximum absolute atomic E-state index is 12.6. The number of carbonyl (C=O) groups is 3. The zero-order valence-electron chi connectivity index (χ0n) is 16.7. The molecule has 3 rings (SSSR count). The van der Waals surface area contributed by atoms with Crippen molar-refractivity contribution in [2.24, 2.45) is 0 Å². The van der Waals surface area contributed by atoms with Crippen LogP contribution < -0.4 is 10.6 Å². The number of H-pyrrole nitrogens is 1. The second-order valence-corrected chi connectivity index (χ2v) is 7.64. The molecule has 1 aromatic carbocycles. The number of amides is 2. The van der Waals surface area contributed by atoms with Gasteiger partial charge in [0.1, 0.15) is 5.69 Å². The van der Waals surface area contributed by atoms with Gasteiger partial charge in [-0.25, -0.2) is 4.98 Å². The highest BCUT2D eigenvalue weighted by atomic mass is 32.1. The highest BCUT2D eigenvalue weighted by molar-refractivity contribution is 7.14. The minimum absolute atomic E-state index is 0.0723. The van der Waals surface area contributed by atoms with Gasteiger partial charge in [-0.1, -0.05) is 24.3 Å². The van der Waals surface area contributed by atoms with E-state index in [2.05, 4.69) is 20.6 Å². The van der Waals surface area contributed by atoms with Gasteiger partial charge in [0.2, 0.25) is 5.91 Å². The Balaban J connectivity index is 1.72. The number of hydrogen-bond donors (Lipinski definition) is 3. The molecule has 3 N–H and O–H groups in total. The topological polar surface area (TPSA) is 104 Å². The predicted molar refractivity (Wildman–Crippen MR) is 113 cm³/mol. The number of benzene rings is 1. The Morgan fingerprint density at radius 1 is 1.10 bits per heavy atom. The van der Waals surface area contributed by atoms with Gasteiger partial charge in [0.15, 0.2) is 10.9 Å². The standard InChI is InChI=1S/C21H22N4O3S/c1-11-18(13(3)26)12(2)23-19(11)20(28)25-21-24-17(10-29-21)16-7-5-15(6-8-16)9-22-14(4)27/h5-8,10,23H,9H2,1-4H3,(H,22,27)(H,24,25,28). The summed E-state index contributed by atoms with van der Waals surface area (Å²) in [5, 5.41) is 7.89. The number of nitrogens with one attached hydrogen (secondary N) is 3. The molecule has 2 heterocycles. The van der Waals surface area contributed by atoms with Crippen LogP contribution in [0.4, 0.5) is 5.13 Å². The Hall–Kier alpha value is -3.26. The minimum Gasteiger partial charge on any atom is -0.354 e. The van der Waals surface area contributed by atoms with Gasteiger partial charge >= 0.3 is 0 Å². The summed E-state index contributed by atoms with van der Waals surface area (Å²) in [6.45, 7) is 6.98. The van der Waals surface area contributed by atoms with Crippen LogP contribution in [0.15, 0.2) is 29.6 Å². The molecule has 0 bridgehead atoms. The smallest absolute Gasteiger partial charge is 0.274 e. The Bertz CT molecular complexity index is 1080. The number of nitrogens with zero attached hydrogens (tertiary/aromatic N) is 1. The molecule has 0 unspecified atom stereocenters. The largest absolute Gasteiger partial charge is 0.354 e. The van der Waals surface area contributed by atoms with Crippen molar-refractivity contribution in [1.29, 1.82) is 0 Å². The van der Waals surface area contributed by atoms with Crippen molar-refractivity contribution in [3.05, 3.63) is 57.7 Å². The maximum atomic E-state index is 12.6. The molecular weight excluding hydrogens is 388 g/mol. The fraction of sp³-hybridized carbons (Fsp3) is 0.238. The lowest BCUT2D eigenvalue weighted by molar-refractivity contribution is -0.119. The van der Waals surface area contributed by atoms with Crippen LogP contribution in [-0.2, 0) is 11.3 Å². The van der Waals surface area contributed by atoms with Crippen molar-refractivity contribution < 1.29 is 14.4 Å². The second-order valence-electron chi connectivity index (χ2n) is 6.78. The van der Waals surface area contributed by atoms with E-state index in [4.69, 9.17) is 0 Å². The maximum Gasteiger partial charge on any atom is 0.274 e. The van der Waals surface area contributed by atoms with E-state index in [1.165, 1.54) is 25.2 Å². The van der Waals surface area contributed by atoms with Gasteiger partial charge in [-0.3, -0.25) is 19.7 Å². The molecule has 2 amide bonds. The molecule has 0 radical (unpaired) electrons. The lowest BCUT2D eigenvalue weighted by Crippen LogP contribution is -2.18. The summed E-state index contributed by atoms with van der Waals surface area (Å²) in [6, 6.07) is 7.71. The molecule has 150 valence electrons. The monoisotopic (exact) mass is 410 g/mol. The molecule has 29 heavy (non-hydrogen) atoms. The van der Waals surface area contributed by atoms with Crippen LogP contribution in [0.3, 0.4) is 0 Å². The molecule has 2 aromatic heterocycles. The first kappa shape index (κ1) is 20.5. The average Bonchev–Trinajstić information content (AvgIpc) is 3.24. The Morgan fingerprint density at radius 2 is 1.79 bits per heavy atom. The lowest BCUT2D eigenvalue weighted by Gasteiger charge is -2.04. The van der Waals surface area contributed by atoms with Gasteiger partial charge in [-0.2, -0.15) is 0 Å². The molecule has 0 fully saturated rings. The Labute approximate surface area is 172 Å². The summed E-state index contributed by atoms with van der Waals surface area (Å²) in [6.07, 6.45) is 0. The van der Waals surface area contributed by atoms with E-state index in [9.17, 15) is 14.4 Å². The second kappa shape index (κ2) is 8.40. The van der Waals surface area contributed by atoms with Crippen LogP contribution in [-0.4, -0.2) is 27.6 Å². The van der Waals surface area contributed by atoms with Crippen LogP contribution in [0, 0.1) is 13.8 Å². The molecule has 0 aliphatic rings. The summed E-state index contributed by atoms with van der Waals surface area (Å²) in [5.41, 5.74) is 4.89. The van der Waals surface area contributed by atoms with E-state index in [1.54, 1.807) is 13.8 Å². The molecule has 7 nitrogen and oxygen atoms in total. The number of aromatic nitrogens is 2. The highest BCUT2D eigenvalue weighted by Gasteiger charge is 2.20. The van der Waals surface area contributed by atoms with Gasteiger partial charge in [0.25, 0.3) is 5.91 Å². The number of aromatic amines is 1. The molecule has 8 heteroatoms. The van der Waals surface area contributed by atoms with E-state index in [0.717, 1.165) is 16.8 Å². The number of anilines is 1. The summed E-state index contributed by atoms with van der Waals surface area (Å²) in [7, 11) is 0. The Kier molecular flexibility index (Phi) is 5.93. The first-order valence-electron chi connectivity index (χ1n) is 9.07. The fourth-order valence-electron chi connectivity index (χ4n) is 3.15. The summed E-state index contributed by atoms with van der Waals surface area (Å²) >= 11 is 1.33. The van der Waals surface area contributed by atoms with Crippen molar-refractivity contribution in [3.8, 4) is 11.3 Å². The number of hydrogen-bond acceptors (Lipinski definition) is 5. The molecule has 0 aliphatic heterocycles. The van der Waals surface area contributed by atoms with Gasteiger partial charge in [-0.15, -0.1) is 11.3 Å². The molecule has 0 aliphatic carbocycles. The van der Waals surface area contributed by atoms with Gasteiger partial charge in [0.05, 0.1) is 5.69 Å². The third-order valence-corrected chi connectivity index (χ3v) is 5.29. The number of Topliss-reactive ketones (excluding diaryl/α,β-unsaturated/α-hetero) is 1. The van der Waals surface area contributed by atoms with E-state index >= 15 is 0 Å². The summed E-state index contributed by atoms with van der Waals surface area (Å²) < 4.78 is 0. The summed E-state index contributed by atoms with van der Waals surface area (Å²) in [4.78, 5) is 42.8. The van der Waals surface area contributed by atoms with Gasteiger partial charge in [0, 0.05) is 35.7 Å². The van der Waals surface area contributed by atoms with Crippen molar-refractivity contribution in [2.75, 3.05) is 5.32 Å². The van der Waals surface area contributed by atoms with Crippen molar-refractivity contribution in [2.45, 2.75) is 34.2 Å². The first-order chi connectivity index (χ1) is 13.8. The lowest BCUT2D eigenvalue weighted by atomic mass is 10.1. The third-order valence-electron chi connectivity index (χ3n) is 4.53. The zero-order valence-corrected chi connectivity index (χ0v) is 17.5. The number of aryl methyl sites for hydroxylation is 1. The van der Waals surface area contributed by atoms with Crippen LogP contribution in [0.25, 0.3) is 11.3 Å². The number of rotatable bonds is 6. The molecule has 0 saturated heterocycles. The molecule has 0 atom stereocenters. The van der Waals surface area contributed by atoms with E-state index in [1.807, 2.05) is 29.6 Å². The summed E-state index contributed by atoms with van der Waals surface area (Å²) in [5.74, 6) is -0.477. The van der Waals surface area contributed by atoms with Crippen LogP contribution in [0.1, 0.15) is 51.5 Å². The normalized spacial score (nSPS) is 10.6. The molecular formula is C21H22N4O3S. The van der Waals surface area contributed by atoms with Crippen molar-refractivity contribution in [1.82, 2.24) is 15.3 Å². The van der Waals surface area contributed by atoms with Crippen molar-refractivity contribution in [3.63, 3.8) is 0 Å². The Morgan fingerprint density at radius 3 is 2.38 bits per heavy atom. The average molecular weight is 410 g/mol. The van der Waals surface area contributed by atoms with Gasteiger partial charge < -0.3 is 10.3 Å². The number of thiazole rings is 1. The number of carbonyl (C=O) groups excluding carboxylic acids is 3.